The molecule has 0 amide bonds. The molecule has 0 saturated carbocycles. The predicted molar refractivity (Wildman–Crippen MR) is 77.6 cm³/mol. The number of likely N-dealkylation sites (N-methyl/N-ethyl adjacent to an activating group) is 1. The summed E-state index contributed by atoms with van der Waals surface area (Å²) in [4.78, 5) is 11.5. The number of hydrogen-bond donors (Lipinski definition) is 3. The lowest BCUT2D eigenvalue weighted by Gasteiger charge is -2.12. The Kier molecular flexibility index (Phi) is 3.03. The molecule has 1 aromatic carbocycles. The maximum Gasteiger partial charge on any atom is 0.325 e. The van der Waals surface area contributed by atoms with Gasteiger partial charge in [-0.2, -0.15) is 0 Å². The van der Waals surface area contributed by atoms with Crippen LogP contribution in [-0.4, -0.2) is 22.7 Å². The van der Waals surface area contributed by atoms with Crippen molar-refractivity contribution in [3.05, 3.63) is 34.5 Å². The standard InChI is InChI=1S/C15H19N3O2/c1-8-13(14(16-2)15(19)20)11-4-9-6-17-7-10(9)5-12(11)18(8)3/h4-5,14,16-17H,6-7H2,1-3H3,(H,19,20). The van der Waals surface area contributed by atoms with Gasteiger partial charge in [0.2, 0.25) is 0 Å². The van der Waals surface area contributed by atoms with Gasteiger partial charge < -0.3 is 20.3 Å². The summed E-state index contributed by atoms with van der Waals surface area (Å²) >= 11 is 0. The molecule has 1 aliphatic heterocycles. The van der Waals surface area contributed by atoms with Gasteiger partial charge in [0.15, 0.2) is 0 Å². The number of aromatic nitrogens is 1. The van der Waals surface area contributed by atoms with E-state index in [0.29, 0.717) is 0 Å². The molecule has 0 bridgehead atoms. The van der Waals surface area contributed by atoms with E-state index in [2.05, 4.69) is 27.3 Å². The molecule has 20 heavy (non-hydrogen) atoms. The molecule has 2 aromatic rings. The fraction of sp³-hybridized carbons (Fsp3) is 0.400. The third-order valence-corrected chi connectivity index (χ3v) is 4.32. The number of benzene rings is 1. The summed E-state index contributed by atoms with van der Waals surface area (Å²) in [6.07, 6.45) is 0. The third-order valence-electron chi connectivity index (χ3n) is 4.32. The highest BCUT2D eigenvalue weighted by Gasteiger charge is 2.26. The van der Waals surface area contributed by atoms with Crippen LogP contribution in [-0.2, 0) is 24.9 Å². The van der Waals surface area contributed by atoms with Gasteiger partial charge in [0.25, 0.3) is 0 Å². The van der Waals surface area contributed by atoms with Crippen molar-refractivity contribution in [3.63, 3.8) is 0 Å². The van der Waals surface area contributed by atoms with Crippen LogP contribution in [0, 0.1) is 6.92 Å². The van der Waals surface area contributed by atoms with Crippen LogP contribution in [0.1, 0.15) is 28.4 Å². The first-order valence-corrected chi connectivity index (χ1v) is 6.76. The molecule has 5 heteroatoms. The van der Waals surface area contributed by atoms with Crippen LogP contribution >= 0.6 is 0 Å². The third kappa shape index (κ3) is 1.74. The Hall–Kier alpha value is -1.85. The van der Waals surface area contributed by atoms with Crippen molar-refractivity contribution in [1.29, 1.82) is 0 Å². The average molecular weight is 273 g/mol. The lowest BCUT2D eigenvalue weighted by Crippen LogP contribution is -2.25. The minimum absolute atomic E-state index is 0.675. The van der Waals surface area contributed by atoms with E-state index in [1.807, 2.05) is 14.0 Å². The number of carboxylic acid groups (broad SMARTS) is 1. The summed E-state index contributed by atoms with van der Waals surface area (Å²) in [7, 11) is 3.68. The van der Waals surface area contributed by atoms with Crippen molar-refractivity contribution in [2.45, 2.75) is 26.1 Å². The maximum atomic E-state index is 11.5. The number of aliphatic carboxylic acids is 1. The number of nitrogens with zero attached hydrogens (tertiary/aromatic N) is 1. The van der Waals surface area contributed by atoms with Crippen molar-refractivity contribution >= 4 is 16.9 Å². The lowest BCUT2D eigenvalue weighted by atomic mass is 10.00. The molecule has 106 valence electrons. The highest BCUT2D eigenvalue weighted by Crippen LogP contribution is 2.33. The summed E-state index contributed by atoms with van der Waals surface area (Å²) in [6.45, 7) is 3.72. The molecule has 2 heterocycles. The van der Waals surface area contributed by atoms with Crippen LogP contribution < -0.4 is 10.6 Å². The van der Waals surface area contributed by atoms with Gasteiger partial charge in [-0.1, -0.05) is 0 Å². The molecule has 0 spiro atoms. The van der Waals surface area contributed by atoms with E-state index in [0.717, 1.165) is 35.2 Å². The Morgan fingerprint density at radius 3 is 2.65 bits per heavy atom. The van der Waals surface area contributed by atoms with Gasteiger partial charge in [0.05, 0.1) is 0 Å². The fourth-order valence-corrected chi connectivity index (χ4v) is 3.14. The van der Waals surface area contributed by atoms with Gasteiger partial charge in [0.1, 0.15) is 6.04 Å². The predicted octanol–water partition coefficient (Wildman–Crippen LogP) is 1.44. The Morgan fingerprint density at radius 1 is 1.40 bits per heavy atom. The molecule has 0 saturated heterocycles. The number of carboxylic acids is 1. The summed E-state index contributed by atoms with van der Waals surface area (Å²) in [6, 6.07) is 3.64. The van der Waals surface area contributed by atoms with Gasteiger partial charge in [-0.3, -0.25) is 4.79 Å². The summed E-state index contributed by atoms with van der Waals surface area (Å²) in [5.74, 6) is -0.846. The lowest BCUT2D eigenvalue weighted by molar-refractivity contribution is -0.139. The monoisotopic (exact) mass is 273 g/mol. The summed E-state index contributed by atoms with van der Waals surface area (Å²) in [5, 5.41) is 16.7. The molecule has 3 rings (SSSR count). The average Bonchev–Trinajstić information content (AvgIpc) is 2.96. The van der Waals surface area contributed by atoms with Crippen molar-refractivity contribution in [2.24, 2.45) is 7.05 Å². The minimum atomic E-state index is -0.846. The first-order valence-electron chi connectivity index (χ1n) is 6.76. The maximum absolute atomic E-state index is 11.5. The van der Waals surface area contributed by atoms with Crippen molar-refractivity contribution in [1.82, 2.24) is 15.2 Å². The molecule has 5 nitrogen and oxygen atoms in total. The van der Waals surface area contributed by atoms with Gasteiger partial charge in [0, 0.05) is 42.3 Å². The quantitative estimate of drug-likeness (QED) is 0.791. The number of hydrogen-bond acceptors (Lipinski definition) is 3. The van der Waals surface area contributed by atoms with E-state index in [4.69, 9.17) is 0 Å². The van der Waals surface area contributed by atoms with Crippen molar-refractivity contribution < 1.29 is 9.90 Å². The van der Waals surface area contributed by atoms with Crippen LogP contribution in [0.3, 0.4) is 0 Å². The van der Waals surface area contributed by atoms with E-state index in [-0.39, 0.29) is 0 Å². The summed E-state index contributed by atoms with van der Waals surface area (Å²) < 4.78 is 2.08. The normalized spacial score (nSPS) is 15.6. The fourth-order valence-electron chi connectivity index (χ4n) is 3.14. The van der Waals surface area contributed by atoms with E-state index >= 15 is 0 Å². The van der Waals surface area contributed by atoms with Gasteiger partial charge in [-0.15, -0.1) is 0 Å². The van der Waals surface area contributed by atoms with E-state index in [1.54, 1.807) is 7.05 Å². The second-order valence-corrected chi connectivity index (χ2v) is 5.36. The van der Waals surface area contributed by atoms with Crippen molar-refractivity contribution in [2.75, 3.05) is 7.05 Å². The number of fused-ring (bicyclic) bond motifs is 2. The van der Waals surface area contributed by atoms with Crippen molar-refractivity contribution in [3.8, 4) is 0 Å². The molecule has 0 fully saturated rings. The second kappa shape index (κ2) is 4.61. The minimum Gasteiger partial charge on any atom is -0.480 e. The Balaban J connectivity index is 2.31. The van der Waals surface area contributed by atoms with Crippen LogP contribution in [0.15, 0.2) is 12.1 Å². The van der Waals surface area contributed by atoms with E-state index in [1.165, 1.54) is 11.1 Å². The highest BCUT2D eigenvalue weighted by molar-refractivity contribution is 5.92. The molecule has 1 atom stereocenters. The smallest absolute Gasteiger partial charge is 0.325 e. The van der Waals surface area contributed by atoms with Gasteiger partial charge >= 0.3 is 5.97 Å². The zero-order valence-electron chi connectivity index (χ0n) is 11.9. The molecule has 3 N–H and O–H groups in total. The first kappa shape index (κ1) is 13.1. The molecular weight excluding hydrogens is 254 g/mol. The topological polar surface area (TPSA) is 66.3 Å². The summed E-state index contributed by atoms with van der Waals surface area (Å²) in [5.41, 5.74) is 5.54. The Labute approximate surface area is 117 Å². The molecule has 0 aliphatic carbocycles. The number of nitrogens with one attached hydrogen (secondary N) is 2. The molecule has 0 radical (unpaired) electrons. The molecule has 1 aromatic heterocycles. The van der Waals surface area contributed by atoms with Crippen LogP contribution in [0.5, 0.6) is 0 Å². The number of rotatable bonds is 3. The molecular formula is C15H19N3O2. The van der Waals surface area contributed by atoms with Crippen LogP contribution in [0.4, 0.5) is 0 Å². The van der Waals surface area contributed by atoms with Crippen LogP contribution in [0.2, 0.25) is 0 Å². The molecule has 1 aliphatic rings. The Morgan fingerprint density at radius 2 is 2.05 bits per heavy atom. The van der Waals surface area contributed by atoms with E-state index < -0.39 is 12.0 Å². The van der Waals surface area contributed by atoms with Gasteiger partial charge in [-0.25, -0.2) is 0 Å². The molecule has 1 unspecified atom stereocenters. The zero-order chi connectivity index (χ0) is 14.4. The SMILES string of the molecule is CNC(C(=O)O)c1c(C)n(C)c2cc3c(cc12)CNC3. The largest absolute Gasteiger partial charge is 0.480 e. The number of carbonyl (C=O) groups is 1. The number of aryl methyl sites for hydroxylation is 1. The second-order valence-electron chi connectivity index (χ2n) is 5.36. The van der Waals surface area contributed by atoms with Crippen LogP contribution in [0.25, 0.3) is 10.9 Å². The van der Waals surface area contributed by atoms with Gasteiger partial charge in [-0.05, 0) is 37.2 Å². The highest BCUT2D eigenvalue weighted by atomic mass is 16.4. The zero-order valence-corrected chi connectivity index (χ0v) is 11.9. The first-order chi connectivity index (χ1) is 9.54. The van der Waals surface area contributed by atoms with E-state index in [9.17, 15) is 9.90 Å². The Bertz CT molecular complexity index is 703.